The topological polar surface area (TPSA) is 13.1 Å². The highest BCUT2D eigenvalue weighted by Gasteiger charge is 2.14. The lowest BCUT2D eigenvalue weighted by molar-refractivity contribution is 0.513. The molecule has 1 unspecified atom stereocenters. The Morgan fingerprint density at radius 3 is 2.31 bits per heavy atom. The Balaban J connectivity index is 1.54. The van der Waals surface area contributed by atoms with Gasteiger partial charge in [-0.3, -0.25) is 0 Å². The summed E-state index contributed by atoms with van der Waals surface area (Å²) in [5, 5.41) is 1.19. The average Bonchev–Trinajstić information content (AvgIpc) is 3.10. The third kappa shape index (κ3) is 3.88. The molecule has 0 spiro atoms. The molecule has 26 heavy (non-hydrogen) atoms. The number of hydrogen-bond acceptors (Lipinski definition) is 1. The van der Waals surface area contributed by atoms with Crippen molar-refractivity contribution in [3.8, 4) is 0 Å². The monoisotopic (exact) mass is 340 g/mol. The van der Waals surface area contributed by atoms with Crippen LogP contribution in [0.15, 0.2) is 89.3 Å². The fourth-order valence-corrected chi connectivity index (χ4v) is 3.60. The molecule has 0 fully saturated rings. The summed E-state index contributed by atoms with van der Waals surface area (Å²) in [6, 6.07) is 30.2. The van der Waals surface area contributed by atoms with Crippen LogP contribution in [0.2, 0.25) is 0 Å². The largest absolute Gasteiger partial charge is 0.461 e. The van der Waals surface area contributed by atoms with Gasteiger partial charge in [-0.15, -0.1) is 0 Å². The smallest absolute Gasteiger partial charge is 0.134 e. The van der Waals surface area contributed by atoms with Crippen molar-refractivity contribution in [3.63, 3.8) is 0 Å². The van der Waals surface area contributed by atoms with Gasteiger partial charge in [-0.05, 0) is 48.9 Å². The van der Waals surface area contributed by atoms with Crippen LogP contribution < -0.4 is 0 Å². The van der Waals surface area contributed by atoms with Crippen molar-refractivity contribution in [2.45, 2.75) is 32.1 Å². The molecule has 0 amide bonds. The van der Waals surface area contributed by atoms with E-state index in [-0.39, 0.29) is 0 Å². The van der Waals surface area contributed by atoms with E-state index in [4.69, 9.17) is 4.42 Å². The van der Waals surface area contributed by atoms with E-state index in [0.29, 0.717) is 5.92 Å². The molecule has 0 saturated heterocycles. The number of para-hydroxylation sites is 1. The number of furan rings is 1. The van der Waals surface area contributed by atoms with Crippen molar-refractivity contribution in [2.24, 2.45) is 0 Å². The zero-order valence-electron chi connectivity index (χ0n) is 15.2. The van der Waals surface area contributed by atoms with Gasteiger partial charge in [0.1, 0.15) is 11.3 Å². The molecule has 4 aromatic rings. The lowest BCUT2D eigenvalue weighted by Gasteiger charge is -2.17. The zero-order chi connectivity index (χ0) is 17.8. The minimum Gasteiger partial charge on any atom is -0.461 e. The molecule has 4 rings (SSSR count). The molecular formula is C25H24O. The van der Waals surface area contributed by atoms with Crippen LogP contribution in [0.4, 0.5) is 0 Å². The lowest BCUT2D eigenvalue weighted by Crippen LogP contribution is -2.05. The predicted octanol–water partition coefficient (Wildman–Crippen LogP) is 6.70. The standard InChI is InChI=1S/C25H24O/c1-19-11-13-21(14-12-19)22(17-20-7-3-2-4-8-20)15-16-24-18-23-9-5-6-10-25(23)26-24/h2-14,18,22H,15-17H2,1H3. The van der Waals surface area contributed by atoms with E-state index in [1.807, 2.05) is 12.1 Å². The van der Waals surface area contributed by atoms with E-state index in [1.165, 1.54) is 22.1 Å². The maximum absolute atomic E-state index is 6.02. The van der Waals surface area contributed by atoms with Gasteiger partial charge >= 0.3 is 0 Å². The summed E-state index contributed by atoms with van der Waals surface area (Å²) in [4.78, 5) is 0. The second-order valence-corrected chi connectivity index (χ2v) is 7.09. The third-order valence-electron chi connectivity index (χ3n) is 5.09. The minimum atomic E-state index is 0.492. The fourth-order valence-electron chi connectivity index (χ4n) is 3.60. The Morgan fingerprint density at radius 1 is 0.808 bits per heavy atom. The number of hydrogen-bond donors (Lipinski definition) is 0. The summed E-state index contributed by atoms with van der Waals surface area (Å²) >= 11 is 0. The van der Waals surface area contributed by atoms with Crippen molar-refractivity contribution in [3.05, 3.63) is 107 Å². The first kappa shape index (κ1) is 16.7. The Hall–Kier alpha value is -2.80. The molecular weight excluding hydrogens is 316 g/mol. The van der Waals surface area contributed by atoms with Gasteiger partial charge in [0.15, 0.2) is 0 Å². The number of aryl methyl sites for hydroxylation is 2. The molecule has 0 aliphatic rings. The molecule has 1 atom stereocenters. The van der Waals surface area contributed by atoms with Crippen molar-refractivity contribution in [1.82, 2.24) is 0 Å². The first-order chi connectivity index (χ1) is 12.8. The average molecular weight is 340 g/mol. The van der Waals surface area contributed by atoms with E-state index >= 15 is 0 Å². The summed E-state index contributed by atoms with van der Waals surface area (Å²) in [7, 11) is 0. The van der Waals surface area contributed by atoms with Gasteiger partial charge in [0.05, 0.1) is 0 Å². The zero-order valence-corrected chi connectivity index (χ0v) is 15.2. The normalized spacial score (nSPS) is 12.3. The van der Waals surface area contributed by atoms with E-state index in [9.17, 15) is 0 Å². The number of benzene rings is 3. The predicted molar refractivity (Wildman–Crippen MR) is 109 cm³/mol. The van der Waals surface area contributed by atoms with Crippen LogP contribution >= 0.6 is 0 Å². The summed E-state index contributed by atoms with van der Waals surface area (Å²) in [5.41, 5.74) is 5.10. The van der Waals surface area contributed by atoms with Crippen LogP contribution in [0.5, 0.6) is 0 Å². The highest BCUT2D eigenvalue weighted by Crippen LogP contribution is 2.28. The van der Waals surface area contributed by atoms with Crippen LogP contribution in [0.25, 0.3) is 11.0 Å². The van der Waals surface area contributed by atoms with Crippen LogP contribution in [0, 0.1) is 6.92 Å². The Kier molecular flexibility index (Phi) is 4.88. The molecule has 0 bridgehead atoms. The SMILES string of the molecule is Cc1ccc(C(CCc2cc3ccccc3o2)Cc2ccccc2)cc1. The molecule has 1 heterocycles. The molecule has 0 saturated carbocycles. The van der Waals surface area contributed by atoms with E-state index in [0.717, 1.165) is 30.6 Å². The maximum Gasteiger partial charge on any atom is 0.134 e. The van der Waals surface area contributed by atoms with Gasteiger partial charge in [0.2, 0.25) is 0 Å². The van der Waals surface area contributed by atoms with Gasteiger partial charge < -0.3 is 4.42 Å². The molecule has 1 aromatic heterocycles. The van der Waals surface area contributed by atoms with Crippen molar-refractivity contribution in [1.29, 1.82) is 0 Å². The van der Waals surface area contributed by atoms with Crippen LogP contribution in [0.3, 0.4) is 0 Å². The molecule has 1 nitrogen and oxygen atoms in total. The quantitative estimate of drug-likeness (QED) is 0.380. The maximum atomic E-state index is 6.02. The van der Waals surface area contributed by atoms with Crippen LogP contribution in [0.1, 0.15) is 34.8 Å². The molecule has 0 aliphatic heterocycles. The van der Waals surface area contributed by atoms with Gasteiger partial charge in [0, 0.05) is 11.8 Å². The highest BCUT2D eigenvalue weighted by molar-refractivity contribution is 5.77. The summed E-state index contributed by atoms with van der Waals surface area (Å²) in [6.45, 7) is 2.14. The van der Waals surface area contributed by atoms with E-state index < -0.39 is 0 Å². The Morgan fingerprint density at radius 2 is 1.54 bits per heavy atom. The van der Waals surface area contributed by atoms with E-state index in [2.05, 4.69) is 79.7 Å². The van der Waals surface area contributed by atoms with Crippen molar-refractivity contribution >= 4 is 11.0 Å². The first-order valence-corrected chi connectivity index (χ1v) is 9.36. The Bertz CT molecular complexity index is 931. The van der Waals surface area contributed by atoms with Crippen molar-refractivity contribution in [2.75, 3.05) is 0 Å². The highest BCUT2D eigenvalue weighted by atomic mass is 16.3. The van der Waals surface area contributed by atoms with Crippen LogP contribution in [-0.2, 0) is 12.8 Å². The number of fused-ring (bicyclic) bond motifs is 1. The van der Waals surface area contributed by atoms with Gasteiger partial charge in [-0.2, -0.15) is 0 Å². The molecule has 1 heteroatoms. The Labute approximate surface area is 155 Å². The third-order valence-corrected chi connectivity index (χ3v) is 5.09. The molecule has 0 N–H and O–H groups in total. The molecule has 3 aromatic carbocycles. The second-order valence-electron chi connectivity index (χ2n) is 7.09. The summed E-state index contributed by atoms with van der Waals surface area (Å²) < 4.78 is 6.02. The minimum absolute atomic E-state index is 0.492. The second kappa shape index (κ2) is 7.61. The van der Waals surface area contributed by atoms with Gasteiger partial charge in [0.25, 0.3) is 0 Å². The number of rotatable bonds is 6. The molecule has 0 radical (unpaired) electrons. The van der Waals surface area contributed by atoms with Gasteiger partial charge in [-0.25, -0.2) is 0 Å². The molecule has 0 aliphatic carbocycles. The lowest BCUT2D eigenvalue weighted by atomic mass is 9.87. The van der Waals surface area contributed by atoms with Crippen LogP contribution in [-0.4, -0.2) is 0 Å². The van der Waals surface area contributed by atoms with Crippen molar-refractivity contribution < 1.29 is 4.42 Å². The summed E-state index contributed by atoms with van der Waals surface area (Å²) in [5.74, 6) is 1.57. The fraction of sp³-hybridized carbons (Fsp3) is 0.200. The molecule has 130 valence electrons. The summed E-state index contributed by atoms with van der Waals surface area (Å²) in [6.07, 6.45) is 3.10. The van der Waals surface area contributed by atoms with E-state index in [1.54, 1.807) is 0 Å². The van der Waals surface area contributed by atoms with Gasteiger partial charge in [-0.1, -0.05) is 78.4 Å². The first-order valence-electron chi connectivity index (χ1n) is 9.36.